The van der Waals surface area contributed by atoms with E-state index in [2.05, 4.69) is 64.4 Å². The van der Waals surface area contributed by atoms with Crippen molar-refractivity contribution in [3.05, 3.63) is 89.7 Å². The number of benzene rings is 3. The van der Waals surface area contributed by atoms with Gasteiger partial charge in [0.2, 0.25) is 5.95 Å². The summed E-state index contributed by atoms with van der Waals surface area (Å²) >= 11 is 0. The maximum absolute atomic E-state index is 13.5. The van der Waals surface area contributed by atoms with E-state index in [1.54, 1.807) is 19.1 Å². The number of ether oxygens (including phenoxy) is 2. The summed E-state index contributed by atoms with van der Waals surface area (Å²) < 4.78 is 36.0. The van der Waals surface area contributed by atoms with Crippen molar-refractivity contribution in [2.45, 2.75) is 13.2 Å². The number of anilines is 5. The molecular weight excluding hydrogens is 572 g/mol. The third kappa shape index (κ3) is 6.37. The van der Waals surface area contributed by atoms with Crippen LogP contribution in [0.3, 0.4) is 0 Å². The molecule has 13 heteroatoms. The number of amides is 2. The van der Waals surface area contributed by atoms with E-state index in [1.165, 1.54) is 42.3 Å². The van der Waals surface area contributed by atoms with Crippen molar-refractivity contribution in [2.75, 3.05) is 54.1 Å². The standard InChI is InChI=1S/C31H29F2N7O4/c1-19-6-7-21(36-28(41)24-4-3-5-26-27(24)44-31(32,33)43-26)16-25(19)29(42)37-22-17-34-30(35-18-22)38-20-8-10-23(11-9-20)40-14-12-39(2)13-15-40/h3-11,16-18H,12-15H2,1-2H3,(H,36,41)(H,37,42)(H,34,35,38). The Morgan fingerprint density at radius 2 is 1.48 bits per heavy atom. The van der Waals surface area contributed by atoms with Crippen LogP contribution < -0.4 is 30.3 Å². The average molecular weight is 602 g/mol. The summed E-state index contributed by atoms with van der Waals surface area (Å²) in [6.45, 7) is 5.79. The van der Waals surface area contributed by atoms with Crippen LogP contribution in [-0.2, 0) is 0 Å². The zero-order chi connectivity index (χ0) is 30.8. The predicted molar refractivity (Wildman–Crippen MR) is 161 cm³/mol. The van der Waals surface area contributed by atoms with E-state index >= 15 is 0 Å². The molecule has 11 nitrogen and oxygen atoms in total. The Morgan fingerprint density at radius 1 is 0.818 bits per heavy atom. The molecule has 2 aliphatic heterocycles. The fraction of sp³-hybridized carbons (Fsp3) is 0.226. The second kappa shape index (κ2) is 11.8. The first-order valence-electron chi connectivity index (χ1n) is 13.9. The first kappa shape index (κ1) is 28.8. The van der Waals surface area contributed by atoms with E-state index in [4.69, 9.17) is 0 Å². The second-order valence-electron chi connectivity index (χ2n) is 10.5. The molecule has 3 aromatic carbocycles. The average Bonchev–Trinajstić information content (AvgIpc) is 3.33. The number of rotatable bonds is 7. The topological polar surface area (TPSA) is 121 Å². The van der Waals surface area contributed by atoms with Crippen molar-refractivity contribution in [3.63, 3.8) is 0 Å². The molecule has 0 atom stereocenters. The van der Waals surface area contributed by atoms with E-state index in [1.807, 2.05) is 12.1 Å². The minimum Gasteiger partial charge on any atom is -0.395 e. The lowest BCUT2D eigenvalue weighted by atomic mass is 10.1. The third-order valence-corrected chi connectivity index (χ3v) is 7.31. The molecule has 2 aliphatic rings. The molecule has 0 spiro atoms. The lowest BCUT2D eigenvalue weighted by Gasteiger charge is -2.34. The van der Waals surface area contributed by atoms with Gasteiger partial charge in [0.1, 0.15) is 0 Å². The lowest BCUT2D eigenvalue weighted by Crippen LogP contribution is -2.44. The van der Waals surface area contributed by atoms with Crippen LogP contribution in [0.25, 0.3) is 0 Å². The SMILES string of the molecule is Cc1ccc(NC(=O)c2cccc3c2OC(F)(F)O3)cc1C(=O)Nc1cnc(Nc2ccc(N3CCN(C)CC3)cc2)nc1. The number of piperazine rings is 1. The van der Waals surface area contributed by atoms with Gasteiger partial charge in [0.15, 0.2) is 11.5 Å². The maximum Gasteiger partial charge on any atom is 0.586 e. The van der Waals surface area contributed by atoms with Gasteiger partial charge in [-0.3, -0.25) is 9.59 Å². The van der Waals surface area contributed by atoms with Crippen molar-refractivity contribution in [1.82, 2.24) is 14.9 Å². The van der Waals surface area contributed by atoms with Gasteiger partial charge in [0.05, 0.1) is 23.6 Å². The molecule has 0 aliphatic carbocycles. The number of carbonyl (C=O) groups excluding carboxylic acids is 2. The Hall–Kier alpha value is -5.30. The molecule has 6 rings (SSSR count). The highest BCUT2D eigenvalue weighted by Crippen LogP contribution is 2.43. The third-order valence-electron chi connectivity index (χ3n) is 7.31. The largest absolute Gasteiger partial charge is 0.586 e. The summed E-state index contributed by atoms with van der Waals surface area (Å²) in [5.41, 5.74) is 3.46. The minimum atomic E-state index is -3.86. The van der Waals surface area contributed by atoms with Gasteiger partial charge in [-0.05, 0) is 68.1 Å². The number of halogens is 2. The van der Waals surface area contributed by atoms with Gasteiger partial charge in [-0.15, -0.1) is 8.78 Å². The molecule has 4 aromatic rings. The smallest absolute Gasteiger partial charge is 0.395 e. The molecule has 0 bridgehead atoms. The van der Waals surface area contributed by atoms with Crippen LogP contribution in [-0.4, -0.2) is 66.2 Å². The van der Waals surface area contributed by atoms with Crippen LogP contribution in [0.5, 0.6) is 11.5 Å². The molecule has 44 heavy (non-hydrogen) atoms. The number of aryl methyl sites for hydroxylation is 1. The predicted octanol–water partition coefficient (Wildman–Crippen LogP) is 5.11. The number of aromatic nitrogens is 2. The van der Waals surface area contributed by atoms with E-state index < -0.39 is 18.1 Å². The summed E-state index contributed by atoms with van der Waals surface area (Å²) in [4.78, 5) is 39.3. The van der Waals surface area contributed by atoms with Crippen molar-refractivity contribution in [2.24, 2.45) is 0 Å². The van der Waals surface area contributed by atoms with Crippen molar-refractivity contribution >= 4 is 40.5 Å². The van der Waals surface area contributed by atoms with E-state index in [0.29, 0.717) is 17.2 Å². The molecule has 1 saturated heterocycles. The van der Waals surface area contributed by atoms with E-state index in [0.717, 1.165) is 31.9 Å². The van der Waals surface area contributed by atoms with Gasteiger partial charge < -0.3 is 35.2 Å². The summed E-state index contributed by atoms with van der Waals surface area (Å²) in [7, 11) is 2.13. The molecule has 3 heterocycles. The number of alkyl halides is 2. The number of nitrogens with zero attached hydrogens (tertiary/aromatic N) is 4. The fourth-order valence-corrected chi connectivity index (χ4v) is 4.90. The van der Waals surface area contributed by atoms with Crippen LogP contribution in [0.1, 0.15) is 26.3 Å². The number of carbonyl (C=O) groups is 2. The second-order valence-corrected chi connectivity index (χ2v) is 10.5. The monoisotopic (exact) mass is 601 g/mol. The number of para-hydroxylation sites is 1. The normalized spacial score (nSPS) is 15.5. The zero-order valence-electron chi connectivity index (χ0n) is 23.9. The maximum atomic E-state index is 13.5. The molecule has 0 unspecified atom stereocenters. The summed E-state index contributed by atoms with van der Waals surface area (Å²) in [6.07, 6.45) is -0.886. The van der Waals surface area contributed by atoms with Crippen LogP contribution in [0.15, 0.2) is 73.1 Å². The Bertz CT molecular complexity index is 1690. The molecular formula is C31H29F2N7O4. The summed E-state index contributed by atoms with van der Waals surface area (Å²) in [5.74, 6) is -1.38. The number of nitrogens with one attached hydrogen (secondary N) is 3. The minimum absolute atomic E-state index is 0.136. The number of hydrogen-bond donors (Lipinski definition) is 3. The van der Waals surface area contributed by atoms with Gasteiger partial charge in [0, 0.05) is 48.8 Å². The first-order chi connectivity index (χ1) is 21.1. The Labute approximate surface area is 251 Å². The molecule has 2 amide bonds. The van der Waals surface area contributed by atoms with E-state index in [-0.39, 0.29) is 28.3 Å². The van der Waals surface area contributed by atoms with Gasteiger partial charge >= 0.3 is 6.29 Å². The molecule has 3 N–H and O–H groups in total. The summed E-state index contributed by atoms with van der Waals surface area (Å²) in [6, 6.07) is 16.8. The number of fused-ring (bicyclic) bond motifs is 1. The van der Waals surface area contributed by atoms with Gasteiger partial charge in [-0.25, -0.2) is 9.97 Å². The molecule has 1 fully saturated rings. The van der Waals surface area contributed by atoms with Crippen molar-refractivity contribution in [1.29, 1.82) is 0 Å². The lowest BCUT2D eigenvalue weighted by molar-refractivity contribution is -0.286. The molecule has 0 radical (unpaired) electrons. The number of likely N-dealkylation sites (N-methyl/N-ethyl adjacent to an activating group) is 1. The van der Waals surface area contributed by atoms with Crippen molar-refractivity contribution in [3.8, 4) is 11.5 Å². The molecule has 0 saturated carbocycles. The van der Waals surface area contributed by atoms with Gasteiger partial charge in [-0.2, -0.15) is 0 Å². The van der Waals surface area contributed by atoms with Crippen LogP contribution >= 0.6 is 0 Å². The number of hydrogen-bond acceptors (Lipinski definition) is 9. The van der Waals surface area contributed by atoms with Crippen molar-refractivity contribution < 1.29 is 27.8 Å². The zero-order valence-corrected chi connectivity index (χ0v) is 23.9. The Kier molecular flexibility index (Phi) is 7.70. The summed E-state index contributed by atoms with van der Waals surface area (Å²) in [5, 5.41) is 8.54. The van der Waals surface area contributed by atoms with Crippen LogP contribution in [0.2, 0.25) is 0 Å². The highest BCUT2D eigenvalue weighted by molar-refractivity contribution is 6.09. The van der Waals surface area contributed by atoms with Crippen LogP contribution in [0.4, 0.5) is 37.5 Å². The molecule has 226 valence electrons. The molecule has 1 aromatic heterocycles. The highest BCUT2D eigenvalue weighted by Gasteiger charge is 2.45. The van der Waals surface area contributed by atoms with Gasteiger partial charge in [-0.1, -0.05) is 12.1 Å². The van der Waals surface area contributed by atoms with Crippen LogP contribution in [0, 0.1) is 6.92 Å². The highest BCUT2D eigenvalue weighted by atomic mass is 19.3. The van der Waals surface area contributed by atoms with E-state index in [9.17, 15) is 18.4 Å². The van der Waals surface area contributed by atoms with Gasteiger partial charge in [0.25, 0.3) is 11.8 Å². The Morgan fingerprint density at radius 3 is 2.20 bits per heavy atom. The quantitative estimate of drug-likeness (QED) is 0.266. The first-order valence-corrected chi connectivity index (χ1v) is 13.9. The Balaban J connectivity index is 1.07. The fourth-order valence-electron chi connectivity index (χ4n) is 4.90.